The molecule has 1 atom stereocenters. The Bertz CT molecular complexity index is 593. The van der Waals surface area contributed by atoms with Crippen molar-refractivity contribution in [1.29, 1.82) is 0 Å². The van der Waals surface area contributed by atoms with Crippen molar-refractivity contribution in [3.8, 4) is 11.5 Å². The van der Waals surface area contributed by atoms with Crippen LogP contribution in [-0.2, 0) is 0 Å². The third-order valence-corrected chi connectivity index (χ3v) is 3.71. The van der Waals surface area contributed by atoms with E-state index >= 15 is 0 Å². The molecule has 106 valence electrons. The average molecular weight is 334 g/mol. The number of nitrogens with two attached hydrogens (primary N) is 1. The third kappa shape index (κ3) is 3.62. The second kappa shape index (κ2) is 6.42. The van der Waals surface area contributed by atoms with Crippen molar-refractivity contribution in [3.05, 3.63) is 58.1 Å². The van der Waals surface area contributed by atoms with Crippen LogP contribution in [0.2, 0.25) is 0 Å². The van der Waals surface area contributed by atoms with Gasteiger partial charge < -0.3 is 10.5 Å². The van der Waals surface area contributed by atoms with Gasteiger partial charge in [0.25, 0.3) is 0 Å². The van der Waals surface area contributed by atoms with E-state index in [1.165, 1.54) is 5.56 Å². The SMILES string of the molecule is CC(C)c1cccc(Oc2ccc(Br)cc2C(C)N)c1. The summed E-state index contributed by atoms with van der Waals surface area (Å²) in [4.78, 5) is 0. The molecule has 0 radical (unpaired) electrons. The molecule has 0 spiro atoms. The van der Waals surface area contributed by atoms with E-state index in [-0.39, 0.29) is 6.04 Å². The molecule has 1 unspecified atom stereocenters. The summed E-state index contributed by atoms with van der Waals surface area (Å²) in [5.74, 6) is 2.14. The van der Waals surface area contributed by atoms with E-state index in [2.05, 4.69) is 41.9 Å². The molecule has 0 fully saturated rings. The maximum absolute atomic E-state index is 6.02. The fraction of sp³-hybridized carbons (Fsp3) is 0.294. The molecule has 0 bridgehead atoms. The van der Waals surface area contributed by atoms with Crippen LogP contribution in [0.1, 0.15) is 43.9 Å². The minimum Gasteiger partial charge on any atom is -0.457 e. The van der Waals surface area contributed by atoms with Crippen LogP contribution in [0.3, 0.4) is 0 Å². The van der Waals surface area contributed by atoms with Crippen molar-refractivity contribution >= 4 is 15.9 Å². The molecular weight excluding hydrogens is 314 g/mol. The van der Waals surface area contributed by atoms with Crippen LogP contribution >= 0.6 is 15.9 Å². The molecule has 0 aliphatic heterocycles. The average Bonchev–Trinajstić information content (AvgIpc) is 2.41. The largest absolute Gasteiger partial charge is 0.457 e. The lowest BCUT2D eigenvalue weighted by molar-refractivity contribution is 0.471. The van der Waals surface area contributed by atoms with Gasteiger partial charge in [-0.05, 0) is 48.7 Å². The summed E-state index contributed by atoms with van der Waals surface area (Å²) < 4.78 is 7.02. The Balaban J connectivity index is 2.32. The van der Waals surface area contributed by atoms with Gasteiger partial charge in [0.05, 0.1) is 0 Å². The van der Waals surface area contributed by atoms with Gasteiger partial charge in [-0.2, -0.15) is 0 Å². The first kappa shape index (κ1) is 15.1. The first-order valence-electron chi connectivity index (χ1n) is 6.80. The van der Waals surface area contributed by atoms with Gasteiger partial charge in [0.2, 0.25) is 0 Å². The number of rotatable bonds is 4. The van der Waals surface area contributed by atoms with Crippen LogP contribution < -0.4 is 10.5 Å². The minimum atomic E-state index is -0.0734. The first-order chi connectivity index (χ1) is 9.47. The van der Waals surface area contributed by atoms with Crippen LogP contribution in [0.25, 0.3) is 0 Å². The first-order valence-corrected chi connectivity index (χ1v) is 7.59. The molecule has 2 aromatic rings. The lowest BCUT2D eigenvalue weighted by Crippen LogP contribution is -2.06. The highest BCUT2D eigenvalue weighted by Gasteiger charge is 2.10. The zero-order valence-electron chi connectivity index (χ0n) is 12.1. The van der Waals surface area contributed by atoms with Crippen molar-refractivity contribution in [2.24, 2.45) is 5.73 Å². The van der Waals surface area contributed by atoms with Crippen molar-refractivity contribution in [3.63, 3.8) is 0 Å². The van der Waals surface area contributed by atoms with Gasteiger partial charge in [0.1, 0.15) is 11.5 Å². The second-order valence-electron chi connectivity index (χ2n) is 5.30. The highest BCUT2D eigenvalue weighted by Crippen LogP contribution is 2.32. The quantitative estimate of drug-likeness (QED) is 0.814. The van der Waals surface area contributed by atoms with Crippen molar-refractivity contribution < 1.29 is 4.74 Å². The van der Waals surface area contributed by atoms with Crippen LogP contribution in [0.15, 0.2) is 46.9 Å². The summed E-state index contributed by atoms with van der Waals surface area (Å²) in [6.07, 6.45) is 0. The predicted molar refractivity (Wildman–Crippen MR) is 87.3 cm³/mol. The predicted octanol–water partition coefficient (Wildman–Crippen LogP) is 5.38. The molecule has 20 heavy (non-hydrogen) atoms. The lowest BCUT2D eigenvalue weighted by Gasteiger charge is -2.15. The van der Waals surface area contributed by atoms with E-state index in [0.29, 0.717) is 5.92 Å². The Hall–Kier alpha value is -1.32. The molecule has 0 aliphatic rings. The van der Waals surface area contributed by atoms with Crippen LogP contribution in [0.5, 0.6) is 11.5 Å². The van der Waals surface area contributed by atoms with Crippen LogP contribution in [0, 0.1) is 0 Å². The number of hydrogen-bond donors (Lipinski definition) is 1. The smallest absolute Gasteiger partial charge is 0.132 e. The number of hydrogen-bond acceptors (Lipinski definition) is 2. The Morgan fingerprint density at radius 1 is 1.05 bits per heavy atom. The highest BCUT2D eigenvalue weighted by atomic mass is 79.9. The Morgan fingerprint density at radius 3 is 2.45 bits per heavy atom. The van der Waals surface area contributed by atoms with Crippen molar-refractivity contribution in [2.45, 2.75) is 32.7 Å². The highest BCUT2D eigenvalue weighted by molar-refractivity contribution is 9.10. The molecule has 2 rings (SSSR count). The van der Waals surface area contributed by atoms with Crippen molar-refractivity contribution in [2.75, 3.05) is 0 Å². The Morgan fingerprint density at radius 2 is 1.80 bits per heavy atom. The summed E-state index contributed by atoms with van der Waals surface area (Å²) in [6, 6.07) is 14.0. The second-order valence-corrected chi connectivity index (χ2v) is 6.22. The van der Waals surface area contributed by atoms with Gasteiger partial charge in [0, 0.05) is 16.1 Å². The van der Waals surface area contributed by atoms with E-state index in [1.807, 2.05) is 37.3 Å². The molecule has 0 heterocycles. The summed E-state index contributed by atoms with van der Waals surface area (Å²) in [5.41, 5.74) is 8.27. The maximum atomic E-state index is 6.02. The summed E-state index contributed by atoms with van der Waals surface area (Å²) in [7, 11) is 0. The molecule has 0 saturated heterocycles. The van der Waals surface area contributed by atoms with E-state index in [9.17, 15) is 0 Å². The summed E-state index contributed by atoms with van der Waals surface area (Å²) in [6.45, 7) is 6.30. The lowest BCUT2D eigenvalue weighted by atomic mass is 10.0. The van der Waals surface area contributed by atoms with E-state index in [1.54, 1.807) is 0 Å². The number of ether oxygens (including phenoxy) is 1. The van der Waals surface area contributed by atoms with Gasteiger partial charge in [0.15, 0.2) is 0 Å². The minimum absolute atomic E-state index is 0.0734. The normalized spacial score (nSPS) is 12.5. The molecule has 0 saturated carbocycles. The van der Waals surface area contributed by atoms with E-state index in [0.717, 1.165) is 21.5 Å². The maximum Gasteiger partial charge on any atom is 0.132 e. The van der Waals surface area contributed by atoms with Crippen LogP contribution in [-0.4, -0.2) is 0 Å². The van der Waals surface area contributed by atoms with E-state index in [4.69, 9.17) is 10.5 Å². The fourth-order valence-corrected chi connectivity index (χ4v) is 2.41. The zero-order chi connectivity index (χ0) is 14.7. The van der Waals surface area contributed by atoms with Crippen LogP contribution in [0.4, 0.5) is 0 Å². The summed E-state index contributed by atoms with van der Waals surface area (Å²) in [5, 5.41) is 0. The van der Waals surface area contributed by atoms with Gasteiger partial charge >= 0.3 is 0 Å². The monoisotopic (exact) mass is 333 g/mol. The van der Waals surface area contributed by atoms with E-state index < -0.39 is 0 Å². The molecule has 0 amide bonds. The standard InChI is InChI=1S/C17H20BrNO/c1-11(2)13-5-4-6-15(9-13)20-17-8-7-14(18)10-16(17)12(3)19/h4-12H,19H2,1-3H3. The van der Waals surface area contributed by atoms with Gasteiger partial charge in [-0.1, -0.05) is 41.9 Å². The van der Waals surface area contributed by atoms with Gasteiger partial charge in [-0.3, -0.25) is 0 Å². The molecule has 3 heteroatoms. The van der Waals surface area contributed by atoms with Gasteiger partial charge in [-0.15, -0.1) is 0 Å². The van der Waals surface area contributed by atoms with Gasteiger partial charge in [-0.25, -0.2) is 0 Å². The molecule has 2 nitrogen and oxygen atoms in total. The molecule has 0 aliphatic carbocycles. The summed E-state index contributed by atoms with van der Waals surface area (Å²) >= 11 is 3.47. The molecule has 2 N–H and O–H groups in total. The Kier molecular flexibility index (Phi) is 4.84. The molecule has 0 aromatic heterocycles. The number of benzene rings is 2. The van der Waals surface area contributed by atoms with Crippen molar-refractivity contribution in [1.82, 2.24) is 0 Å². The molecule has 2 aromatic carbocycles. The zero-order valence-corrected chi connectivity index (χ0v) is 13.6. The number of halogens is 1. The Labute approximate surface area is 129 Å². The fourth-order valence-electron chi connectivity index (χ4n) is 2.03. The molecular formula is C17H20BrNO. The topological polar surface area (TPSA) is 35.2 Å². The third-order valence-electron chi connectivity index (χ3n) is 3.21.